The minimum absolute atomic E-state index is 0.0747. The first kappa shape index (κ1) is 19.6. The predicted molar refractivity (Wildman–Crippen MR) is 131 cm³/mol. The number of aromatic nitrogens is 2. The zero-order valence-electron chi connectivity index (χ0n) is 17.6. The Bertz CT molecular complexity index is 1670. The molecule has 160 valence electrons. The minimum atomic E-state index is 0.0747. The summed E-state index contributed by atoms with van der Waals surface area (Å²) < 4.78 is 5.31. The van der Waals surface area contributed by atoms with Gasteiger partial charge in [0.05, 0.1) is 34.7 Å². The number of nitrogens with zero attached hydrogens (tertiary/aromatic N) is 2. The number of hydrogen-bond acceptors (Lipinski definition) is 4. The summed E-state index contributed by atoms with van der Waals surface area (Å²) in [6, 6.07) is 23.4. The summed E-state index contributed by atoms with van der Waals surface area (Å²) >= 11 is 6.12. The molecule has 0 amide bonds. The molecule has 2 aromatic heterocycles. The van der Waals surface area contributed by atoms with Crippen molar-refractivity contribution in [3.05, 3.63) is 94.1 Å². The molecule has 0 saturated heterocycles. The number of fused-ring (bicyclic) bond motifs is 4. The number of halogens is 1. The average Bonchev–Trinajstić information content (AvgIpc) is 3.35. The topological polar surface area (TPSA) is 70.5 Å². The van der Waals surface area contributed by atoms with Crippen LogP contribution in [0.1, 0.15) is 5.56 Å². The van der Waals surface area contributed by atoms with E-state index in [2.05, 4.69) is 11.1 Å². The first-order chi connectivity index (χ1) is 16.1. The quantitative estimate of drug-likeness (QED) is 0.380. The van der Waals surface area contributed by atoms with E-state index in [1.165, 1.54) is 0 Å². The molecule has 33 heavy (non-hydrogen) atoms. The number of para-hydroxylation sites is 1. The van der Waals surface area contributed by atoms with Gasteiger partial charge in [0.25, 0.3) is 0 Å². The Morgan fingerprint density at radius 1 is 0.970 bits per heavy atom. The highest BCUT2D eigenvalue weighted by molar-refractivity contribution is 6.31. The van der Waals surface area contributed by atoms with Gasteiger partial charge in [0.2, 0.25) is 0 Å². The van der Waals surface area contributed by atoms with Gasteiger partial charge in [0.15, 0.2) is 5.88 Å². The number of benzene rings is 3. The van der Waals surface area contributed by atoms with Gasteiger partial charge in [0, 0.05) is 32.7 Å². The average molecular weight is 452 g/mol. The number of nitrogens with one attached hydrogen (secondary N) is 1. The van der Waals surface area contributed by atoms with Crippen molar-refractivity contribution in [3.8, 4) is 34.0 Å². The molecule has 5 nitrogen and oxygen atoms in total. The largest absolute Gasteiger partial charge is 0.497 e. The fourth-order valence-electron chi connectivity index (χ4n) is 4.29. The first-order valence-corrected chi connectivity index (χ1v) is 10.8. The molecule has 0 radical (unpaired) electrons. The van der Waals surface area contributed by atoms with Crippen molar-refractivity contribution in [2.24, 2.45) is 4.99 Å². The highest BCUT2D eigenvalue weighted by Crippen LogP contribution is 2.34. The molecule has 5 aromatic rings. The van der Waals surface area contributed by atoms with Crippen molar-refractivity contribution in [3.63, 3.8) is 0 Å². The normalized spacial score (nSPS) is 12.5. The maximum Gasteiger partial charge on any atom is 0.196 e. The van der Waals surface area contributed by atoms with Crippen LogP contribution in [0.2, 0.25) is 5.02 Å². The number of H-pyrrole nitrogens is 1. The zero-order chi connectivity index (χ0) is 22.5. The first-order valence-electron chi connectivity index (χ1n) is 10.5. The van der Waals surface area contributed by atoms with E-state index in [1.807, 2.05) is 66.7 Å². The lowest BCUT2D eigenvalue weighted by Crippen LogP contribution is -2.19. The molecule has 1 aliphatic heterocycles. The number of rotatable bonds is 3. The predicted octanol–water partition coefficient (Wildman–Crippen LogP) is 5.36. The molecule has 0 unspecified atom stereocenters. The monoisotopic (exact) mass is 451 g/mol. The number of pyridine rings is 1. The lowest BCUT2D eigenvalue weighted by Gasteiger charge is -2.06. The fourth-order valence-corrected chi connectivity index (χ4v) is 4.46. The van der Waals surface area contributed by atoms with Crippen molar-refractivity contribution in [1.82, 2.24) is 9.97 Å². The number of hydrogen-bond donors (Lipinski definition) is 2. The number of aromatic amines is 1. The highest BCUT2D eigenvalue weighted by Gasteiger charge is 2.18. The van der Waals surface area contributed by atoms with Gasteiger partial charge in [-0.1, -0.05) is 35.9 Å². The lowest BCUT2D eigenvalue weighted by molar-refractivity contribution is 0.415. The third-order valence-electron chi connectivity index (χ3n) is 5.87. The maximum absolute atomic E-state index is 10.6. The molecule has 3 heterocycles. The van der Waals surface area contributed by atoms with Crippen molar-refractivity contribution < 1.29 is 9.84 Å². The van der Waals surface area contributed by atoms with E-state index in [9.17, 15) is 5.11 Å². The van der Waals surface area contributed by atoms with Gasteiger partial charge < -0.3 is 14.8 Å². The second kappa shape index (κ2) is 7.50. The van der Waals surface area contributed by atoms with Crippen molar-refractivity contribution >= 4 is 34.3 Å². The second-order valence-corrected chi connectivity index (χ2v) is 8.31. The van der Waals surface area contributed by atoms with Crippen LogP contribution < -0.4 is 15.4 Å². The van der Waals surface area contributed by atoms with Gasteiger partial charge in [-0.05, 0) is 54.6 Å². The van der Waals surface area contributed by atoms with Crippen molar-refractivity contribution in [1.29, 1.82) is 0 Å². The van der Waals surface area contributed by atoms with E-state index in [-0.39, 0.29) is 5.88 Å². The van der Waals surface area contributed by atoms with Crippen LogP contribution in [0.15, 0.2) is 77.8 Å². The Hall–Kier alpha value is -4.09. The molecule has 3 aromatic carbocycles. The molecular weight excluding hydrogens is 434 g/mol. The molecule has 6 rings (SSSR count). The van der Waals surface area contributed by atoms with Gasteiger partial charge >= 0.3 is 0 Å². The van der Waals surface area contributed by atoms with Crippen LogP contribution in [0.4, 0.5) is 5.69 Å². The zero-order valence-corrected chi connectivity index (χ0v) is 18.4. The van der Waals surface area contributed by atoms with Crippen LogP contribution in [0, 0.1) is 0 Å². The number of ether oxygens (including phenoxy) is 1. The van der Waals surface area contributed by atoms with Gasteiger partial charge in [0.1, 0.15) is 5.75 Å². The molecule has 0 fully saturated rings. The van der Waals surface area contributed by atoms with E-state index in [4.69, 9.17) is 26.3 Å². The Kier molecular flexibility index (Phi) is 4.45. The van der Waals surface area contributed by atoms with E-state index >= 15 is 0 Å². The number of methoxy groups -OCH3 is 1. The van der Waals surface area contributed by atoms with E-state index in [1.54, 1.807) is 13.2 Å². The third-order valence-corrected chi connectivity index (χ3v) is 6.11. The minimum Gasteiger partial charge on any atom is -0.497 e. The van der Waals surface area contributed by atoms with Crippen LogP contribution in [0.5, 0.6) is 11.6 Å². The van der Waals surface area contributed by atoms with E-state index < -0.39 is 0 Å². The van der Waals surface area contributed by atoms with Gasteiger partial charge in [-0.3, -0.25) is 0 Å². The summed E-state index contributed by atoms with van der Waals surface area (Å²) in [5, 5.41) is 13.6. The lowest BCUT2D eigenvalue weighted by atomic mass is 10.0. The second-order valence-electron chi connectivity index (χ2n) is 7.87. The van der Waals surface area contributed by atoms with E-state index in [0.717, 1.165) is 55.4 Å². The SMILES string of the molecule is COc1ccc(-c2n/c(=C\c3c(O)[nH]c4cc(Cl)ccc34)cc3c2=Nc2ccccc2-3)cc1. The molecule has 0 atom stereocenters. The highest BCUT2D eigenvalue weighted by atomic mass is 35.5. The van der Waals surface area contributed by atoms with Crippen LogP contribution >= 0.6 is 11.6 Å². The molecule has 0 saturated carbocycles. The van der Waals surface area contributed by atoms with Crippen LogP contribution in [-0.2, 0) is 0 Å². The van der Waals surface area contributed by atoms with Gasteiger partial charge in [-0.15, -0.1) is 0 Å². The van der Waals surface area contributed by atoms with Crippen LogP contribution in [0.25, 0.3) is 39.4 Å². The Morgan fingerprint density at radius 3 is 2.61 bits per heavy atom. The van der Waals surface area contributed by atoms with Gasteiger partial charge in [-0.25, -0.2) is 9.98 Å². The smallest absolute Gasteiger partial charge is 0.196 e. The van der Waals surface area contributed by atoms with Crippen LogP contribution in [-0.4, -0.2) is 22.2 Å². The Balaban J connectivity index is 1.63. The fraction of sp³-hybridized carbons (Fsp3) is 0.0370. The third kappa shape index (κ3) is 3.25. The number of aromatic hydroxyl groups is 1. The van der Waals surface area contributed by atoms with Gasteiger partial charge in [-0.2, -0.15) is 0 Å². The summed E-state index contributed by atoms with van der Waals surface area (Å²) in [6.45, 7) is 0. The Morgan fingerprint density at radius 2 is 1.79 bits per heavy atom. The Labute approximate surface area is 194 Å². The molecule has 0 spiro atoms. The standard InChI is InChI=1S/C27H18ClN3O2/c1-33-18-9-6-15(7-10-18)25-26-21(19-4-2-3-5-23(19)30-26)13-17(29-25)14-22-20-11-8-16(28)12-24(20)31-27(22)32/h2-14,31-32H,1H3/b17-14-. The summed E-state index contributed by atoms with van der Waals surface area (Å²) in [5.74, 6) is 0.853. The summed E-state index contributed by atoms with van der Waals surface area (Å²) in [6.07, 6.45) is 1.89. The summed E-state index contributed by atoms with van der Waals surface area (Å²) in [7, 11) is 1.65. The molecule has 6 heteroatoms. The van der Waals surface area contributed by atoms with Crippen molar-refractivity contribution in [2.75, 3.05) is 7.11 Å². The van der Waals surface area contributed by atoms with E-state index in [0.29, 0.717) is 10.6 Å². The maximum atomic E-state index is 10.6. The molecule has 2 N–H and O–H groups in total. The summed E-state index contributed by atoms with van der Waals surface area (Å²) in [4.78, 5) is 12.8. The van der Waals surface area contributed by atoms with Crippen LogP contribution in [0.3, 0.4) is 0 Å². The van der Waals surface area contributed by atoms with Crippen molar-refractivity contribution in [2.45, 2.75) is 0 Å². The molecule has 1 aliphatic rings. The summed E-state index contributed by atoms with van der Waals surface area (Å²) in [5.41, 5.74) is 6.15. The molecule has 0 bridgehead atoms. The molecular formula is C27H18ClN3O2. The molecule has 0 aliphatic carbocycles.